The van der Waals surface area contributed by atoms with Crippen molar-refractivity contribution in [1.82, 2.24) is 0 Å². The predicted molar refractivity (Wildman–Crippen MR) is 100 cm³/mol. The van der Waals surface area contributed by atoms with Crippen molar-refractivity contribution in [1.29, 1.82) is 0 Å². The summed E-state index contributed by atoms with van der Waals surface area (Å²) in [6, 6.07) is 25.6. The Morgan fingerprint density at radius 3 is 2.08 bits per heavy atom. The van der Waals surface area contributed by atoms with Gasteiger partial charge in [-0.15, -0.1) is 0 Å². The Morgan fingerprint density at radius 1 is 0.840 bits per heavy atom. The Bertz CT molecular complexity index is 836. The second kappa shape index (κ2) is 8.20. The van der Waals surface area contributed by atoms with Gasteiger partial charge in [0.2, 0.25) is 0 Å². The maximum Gasteiger partial charge on any atom is 0.163 e. The molecular weight excluding hydrogens is 311 g/mol. The minimum absolute atomic E-state index is 0.0765. The minimum atomic E-state index is -0.274. The Balaban J connectivity index is 1.85. The highest BCUT2D eigenvalue weighted by Gasteiger charge is 2.15. The molecule has 1 unspecified atom stereocenters. The fourth-order valence-corrected chi connectivity index (χ4v) is 2.74. The van der Waals surface area contributed by atoms with E-state index in [1.807, 2.05) is 72.8 Å². The number of hydrogen-bond donors (Lipinski definition) is 0. The largest absolute Gasteiger partial charge is 0.294 e. The van der Waals surface area contributed by atoms with Crippen molar-refractivity contribution in [2.24, 2.45) is 0 Å². The smallest absolute Gasteiger partial charge is 0.163 e. The van der Waals surface area contributed by atoms with Gasteiger partial charge in [-0.3, -0.25) is 4.79 Å². The maximum absolute atomic E-state index is 13.2. The predicted octanol–water partition coefficient (Wildman–Crippen LogP) is 5.90. The molecule has 124 valence electrons. The number of rotatable bonds is 6. The summed E-state index contributed by atoms with van der Waals surface area (Å²) in [6.45, 7) is 0. The summed E-state index contributed by atoms with van der Waals surface area (Å²) in [5, 5.41) is 0. The van der Waals surface area contributed by atoms with Crippen LogP contribution in [0.1, 0.15) is 33.8 Å². The number of ketones is 1. The Kier molecular flexibility index (Phi) is 5.53. The molecule has 3 aromatic rings. The molecule has 0 amide bonds. The van der Waals surface area contributed by atoms with Crippen LogP contribution in [0.5, 0.6) is 0 Å². The van der Waals surface area contributed by atoms with Gasteiger partial charge in [0.05, 0.1) is 0 Å². The molecular formula is C23H19FO. The molecule has 25 heavy (non-hydrogen) atoms. The molecule has 0 aliphatic rings. The van der Waals surface area contributed by atoms with Gasteiger partial charge in [-0.1, -0.05) is 84.9 Å². The van der Waals surface area contributed by atoms with Crippen molar-refractivity contribution in [3.8, 4) is 0 Å². The van der Waals surface area contributed by atoms with Crippen molar-refractivity contribution in [2.75, 3.05) is 0 Å². The molecule has 0 saturated carbocycles. The SMILES string of the molecule is O=C(CC(/C=C/c1ccccc1)c1ccc(F)cc1)c1ccccc1. The number of hydrogen-bond acceptors (Lipinski definition) is 1. The van der Waals surface area contributed by atoms with Crippen molar-refractivity contribution >= 4 is 11.9 Å². The van der Waals surface area contributed by atoms with Crippen LogP contribution in [0.15, 0.2) is 91.0 Å². The van der Waals surface area contributed by atoms with Gasteiger partial charge in [-0.05, 0) is 23.3 Å². The summed E-state index contributed by atoms with van der Waals surface area (Å²) in [6.07, 6.45) is 4.37. The van der Waals surface area contributed by atoms with Crippen LogP contribution in [0.25, 0.3) is 6.08 Å². The van der Waals surface area contributed by atoms with Gasteiger partial charge in [0.1, 0.15) is 5.82 Å². The highest BCUT2D eigenvalue weighted by atomic mass is 19.1. The summed E-state index contributed by atoms with van der Waals surface area (Å²) < 4.78 is 13.2. The Labute approximate surface area is 147 Å². The van der Waals surface area contributed by atoms with E-state index in [0.717, 1.165) is 11.1 Å². The van der Waals surface area contributed by atoms with Crippen LogP contribution in [0.2, 0.25) is 0 Å². The topological polar surface area (TPSA) is 17.1 Å². The normalized spacial score (nSPS) is 12.2. The second-order valence-electron chi connectivity index (χ2n) is 5.92. The van der Waals surface area contributed by atoms with E-state index in [9.17, 15) is 9.18 Å². The van der Waals surface area contributed by atoms with E-state index < -0.39 is 0 Å². The van der Waals surface area contributed by atoms with Gasteiger partial charge >= 0.3 is 0 Å². The first-order chi connectivity index (χ1) is 12.2. The lowest BCUT2D eigenvalue weighted by Crippen LogP contribution is -2.06. The zero-order valence-electron chi connectivity index (χ0n) is 13.8. The van der Waals surface area contributed by atoms with Crippen LogP contribution < -0.4 is 0 Å². The average Bonchev–Trinajstić information content (AvgIpc) is 2.67. The third-order valence-corrected chi connectivity index (χ3v) is 4.12. The monoisotopic (exact) mass is 330 g/mol. The van der Waals surface area contributed by atoms with Gasteiger partial charge in [0, 0.05) is 17.9 Å². The van der Waals surface area contributed by atoms with Crippen molar-refractivity contribution in [3.05, 3.63) is 114 Å². The second-order valence-corrected chi connectivity index (χ2v) is 5.92. The minimum Gasteiger partial charge on any atom is -0.294 e. The van der Waals surface area contributed by atoms with Crippen LogP contribution in [-0.4, -0.2) is 5.78 Å². The number of Topliss-reactive ketones (excluding diaryl/α,β-unsaturated/α-hetero) is 1. The number of benzene rings is 3. The van der Waals surface area contributed by atoms with E-state index in [2.05, 4.69) is 0 Å². The van der Waals surface area contributed by atoms with Crippen LogP contribution in [0.4, 0.5) is 4.39 Å². The molecule has 0 aliphatic carbocycles. The molecule has 1 nitrogen and oxygen atoms in total. The average molecular weight is 330 g/mol. The molecule has 3 rings (SSSR count). The highest BCUT2D eigenvalue weighted by Crippen LogP contribution is 2.25. The van der Waals surface area contributed by atoms with E-state index >= 15 is 0 Å². The lowest BCUT2D eigenvalue weighted by atomic mass is 9.90. The first-order valence-electron chi connectivity index (χ1n) is 8.29. The lowest BCUT2D eigenvalue weighted by Gasteiger charge is -2.13. The van der Waals surface area contributed by atoms with Gasteiger partial charge in [-0.25, -0.2) is 4.39 Å². The van der Waals surface area contributed by atoms with Gasteiger partial charge in [-0.2, -0.15) is 0 Å². The molecule has 0 radical (unpaired) electrons. The number of halogens is 1. The molecule has 0 heterocycles. The number of carbonyl (C=O) groups excluding carboxylic acids is 1. The fourth-order valence-electron chi connectivity index (χ4n) is 2.74. The summed E-state index contributed by atoms with van der Waals surface area (Å²) >= 11 is 0. The number of carbonyl (C=O) groups is 1. The van der Waals surface area contributed by atoms with Gasteiger partial charge < -0.3 is 0 Å². The lowest BCUT2D eigenvalue weighted by molar-refractivity contribution is 0.0978. The van der Waals surface area contributed by atoms with Gasteiger partial charge in [0.25, 0.3) is 0 Å². The maximum atomic E-state index is 13.2. The molecule has 0 bridgehead atoms. The van der Waals surface area contributed by atoms with E-state index in [0.29, 0.717) is 12.0 Å². The standard InChI is InChI=1S/C23H19FO/c24-22-15-13-19(14-16-22)21(12-11-18-7-3-1-4-8-18)17-23(25)20-9-5-2-6-10-20/h1-16,21H,17H2/b12-11+. The van der Waals surface area contributed by atoms with E-state index in [1.54, 1.807) is 12.1 Å². The first-order valence-corrected chi connectivity index (χ1v) is 8.29. The summed E-state index contributed by atoms with van der Waals surface area (Å²) in [7, 11) is 0. The van der Waals surface area contributed by atoms with Crippen molar-refractivity contribution in [3.63, 3.8) is 0 Å². The molecule has 3 aromatic carbocycles. The van der Waals surface area contributed by atoms with E-state index in [4.69, 9.17) is 0 Å². The summed E-state index contributed by atoms with van der Waals surface area (Å²) in [4.78, 5) is 12.6. The van der Waals surface area contributed by atoms with E-state index in [-0.39, 0.29) is 17.5 Å². The first kappa shape index (κ1) is 16.8. The molecule has 0 aliphatic heterocycles. The zero-order chi connectivity index (χ0) is 17.5. The molecule has 1 atom stereocenters. The van der Waals surface area contributed by atoms with Crippen LogP contribution in [0.3, 0.4) is 0 Å². The Morgan fingerprint density at radius 2 is 1.44 bits per heavy atom. The highest BCUT2D eigenvalue weighted by molar-refractivity contribution is 5.96. The molecule has 0 fully saturated rings. The van der Waals surface area contributed by atoms with Crippen LogP contribution in [-0.2, 0) is 0 Å². The number of allylic oxidation sites excluding steroid dienone is 1. The third kappa shape index (κ3) is 4.74. The third-order valence-electron chi connectivity index (χ3n) is 4.12. The van der Waals surface area contributed by atoms with Crippen LogP contribution >= 0.6 is 0 Å². The molecule has 0 aromatic heterocycles. The molecule has 0 saturated heterocycles. The Hall–Kier alpha value is -3.00. The molecule has 2 heteroatoms. The van der Waals surface area contributed by atoms with Gasteiger partial charge in [0.15, 0.2) is 5.78 Å². The quantitative estimate of drug-likeness (QED) is 0.515. The van der Waals surface area contributed by atoms with Crippen LogP contribution in [0, 0.1) is 5.82 Å². The fraction of sp³-hybridized carbons (Fsp3) is 0.0870. The molecule has 0 N–H and O–H groups in total. The molecule has 0 spiro atoms. The van der Waals surface area contributed by atoms with Crippen molar-refractivity contribution in [2.45, 2.75) is 12.3 Å². The zero-order valence-corrected chi connectivity index (χ0v) is 13.8. The summed E-state index contributed by atoms with van der Waals surface area (Å²) in [5.74, 6) is -0.301. The van der Waals surface area contributed by atoms with Crippen molar-refractivity contribution < 1.29 is 9.18 Å². The summed E-state index contributed by atoms with van der Waals surface area (Å²) in [5.41, 5.74) is 2.70. The van der Waals surface area contributed by atoms with E-state index in [1.165, 1.54) is 12.1 Å².